The maximum Gasteiger partial charge on any atom is 0.103 e. The van der Waals surface area contributed by atoms with Crippen molar-refractivity contribution in [3.8, 4) is 0 Å². The molecule has 1 heterocycles. The highest BCUT2D eigenvalue weighted by atomic mass is 16.5. The summed E-state index contributed by atoms with van der Waals surface area (Å²) in [5, 5.41) is 18.7. The van der Waals surface area contributed by atoms with E-state index in [2.05, 4.69) is 6.92 Å². The van der Waals surface area contributed by atoms with Crippen molar-refractivity contribution in [2.75, 3.05) is 13.2 Å². The first kappa shape index (κ1) is 10.9. The first-order valence-electron chi connectivity index (χ1n) is 4.83. The molecule has 0 aromatic carbocycles. The Balaban J connectivity index is 2.45. The van der Waals surface area contributed by atoms with Gasteiger partial charge >= 0.3 is 0 Å². The fourth-order valence-corrected chi connectivity index (χ4v) is 1.59. The molecular formula is C9H19NO3. The third-order valence-corrected chi connectivity index (χ3v) is 2.64. The van der Waals surface area contributed by atoms with Gasteiger partial charge in [0.05, 0.1) is 24.9 Å². The lowest BCUT2D eigenvalue weighted by Gasteiger charge is -2.24. The molecule has 4 N–H and O–H groups in total. The summed E-state index contributed by atoms with van der Waals surface area (Å²) >= 11 is 0. The second-order valence-electron chi connectivity index (χ2n) is 3.83. The number of ether oxygens (including phenoxy) is 1. The molecule has 3 unspecified atom stereocenters. The quantitative estimate of drug-likeness (QED) is 0.564. The Hall–Kier alpha value is -0.160. The van der Waals surface area contributed by atoms with Gasteiger partial charge in [-0.05, 0) is 6.42 Å². The van der Waals surface area contributed by atoms with Gasteiger partial charge in [0.2, 0.25) is 0 Å². The van der Waals surface area contributed by atoms with Gasteiger partial charge in [-0.2, -0.15) is 0 Å². The van der Waals surface area contributed by atoms with Crippen LogP contribution in [0.3, 0.4) is 0 Å². The standard InChI is InChI=1S/C9H19NO3/c1-2-3-4-7-8(12)9(10,5-11)6-13-7/h7-8,11-12H,2-6,10H2,1H3. The highest BCUT2D eigenvalue weighted by Gasteiger charge is 2.45. The molecule has 0 aromatic heterocycles. The molecule has 0 aromatic rings. The number of rotatable bonds is 4. The van der Waals surface area contributed by atoms with Gasteiger partial charge in [0.25, 0.3) is 0 Å². The van der Waals surface area contributed by atoms with Crippen molar-refractivity contribution < 1.29 is 14.9 Å². The van der Waals surface area contributed by atoms with Crippen LogP contribution in [0, 0.1) is 0 Å². The molecule has 0 amide bonds. The zero-order valence-electron chi connectivity index (χ0n) is 8.07. The minimum Gasteiger partial charge on any atom is -0.394 e. The lowest BCUT2D eigenvalue weighted by molar-refractivity contribution is 0.0248. The van der Waals surface area contributed by atoms with Crippen molar-refractivity contribution in [1.82, 2.24) is 0 Å². The second kappa shape index (κ2) is 4.37. The van der Waals surface area contributed by atoms with Crippen LogP contribution in [0.2, 0.25) is 0 Å². The van der Waals surface area contributed by atoms with Crippen LogP contribution >= 0.6 is 0 Å². The summed E-state index contributed by atoms with van der Waals surface area (Å²) in [5.41, 5.74) is 4.79. The Kier molecular flexibility index (Phi) is 3.67. The van der Waals surface area contributed by atoms with Crippen LogP contribution in [0.4, 0.5) is 0 Å². The van der Waals surface area contributed by atoms with E-state index in [0.29, 0.717) is 0 Å². The molecule has 78 valence electrons. The molecule has 0 spiro atoms. The smallest absolute Gasteiger partial charge is 0.103 e. The predicted octanol–water partition coefficient (Wildman–Crippen LogP) is -0.374. The molecule has 13 heavy (non-hydrogen) atoms. The van der Waals surface area contributed by atoms with Crippen LogP contribution in [0.15, 0.2) is 0 Å². The van der Waals surface area contributed by atoms with Crippen LogP contribution in [0.1, 0.15) is 26.2 Å². The van der Waals surface area contributed by atoms with Crippen LogP contribution < -0.4 is 5.73 Å². The van der Waals surface area contributed by atoms with E-state index in [1.165, 1.54) is 0 Å². The molecule has 0 saturated carbocycles. The van der Waals surface area contributed by atoms with Crippen molar-refractivity contribution in [3.63, 3.8) is 0 Å². The minimum absolute atomic E-state index is 0.197. The predicted molar refractivity (Wildman–Crippen MR) is 49.3 cm³/mol. The molecule has 1 saturated heterocycles. The summed E-state index contributed by atoms with van der Waals surface area (Å²) in [5.74, 6) is 0. The zero-order valence-corrected chi connectivity index (χ0v) is 8.07. The van der Waals surface area contributed by atoms with Gasteiger partial charge in [-0.25, -0.2) is 0 Å². The fourth-order valence-electron chi connectivity index (χ4n) is 1.59. The molecule has 4 heteroatoms. The van der Waals surface area contributed by atoms with Gasteiger partial charge in [0, 0.05) is 0 Å². The number of aliphatic hydroxyl groups is 2. The van der Waals surface area contributed by atoms with Crippen molar-refractivity contribution in [3.05, 3.63) is 0 Å². The average Bonchev–Trinajstić information content (AvgIpc) is 2.43. The fraction of sp³-hybridized carbons (Fsp3) is 1.00. The Labute approximate surface area is 78.7 Å². The van der Waals surface area contributed by atoms with Gasteiger partial charge in [-0.15, -0.1) is 0 Å². The molecule has 1 aliphatic rings. The number of nitrogens with two attached hydrogens (primary N) is 1. The lowest BCUT2D eigenvalue weighted by atomic mass is 9.93. The molecule has 1 aliphatic heterocycles. The van der Waals surface area contributed by atoms with Gasteiger partial charge in [-0.3, -0.25) is 0 Å². The Morgan fingerprint density at radius 2 is 2.31 bits per heavy atom. The molecule has 0 radical (unpaired) electrons. The normalized spacial score (nSPS) is 39.7. The van der Waals surface area contributed by atoms with Crippen LogP contribution in [0.5, 0.6) is 0 Å². The molecule has 0 bridgehead atoms. The van der Waals surface area contributed by atoms with Gasteiger partial charge in [0.15, 0.2) is 0 Å². The van der Waals surface area contributed by atoms with Crippen LogP contribution in [0.25, 0.3) is 0 Å². The first-order chi connectivity index (χ1) is 6.14. The number of unbranched alkanes of at least 4 members (excludes halogenated alkanes) is 1. The minimum atomic E-state index is -0.946. The molecular weight excluding hydrogens is 170 g/mol. The van der Waals surface area contributed by atoms with E-state index in [1.54, 1.807) is 0 Å². The summed E-state index contributed by atoms with van der Waals surface area (Å²) in [6.45, 7) is 2.11. The van der Waals surface area contributed by atoms with E-state index >= 15 is 0 Å². The van der Waals surface area contributed by atoms with E-state index in [4.69, 9.17) is 15.6 Å². The summed E-state index contributed by atoms with van der Waals surface area (Å²) in [4.78, 5) is 0. The van der Waals surface area contributed by atoms with Crippen molar-refractivity contribution in [2.24, 2.45) is 5.73 Å². The maximum atomic E-state index is 9.72. The van der Waals surface area contributed by atoms with E-state index < -0.39 is 11.6 Å². The largest absolute Gasteiger partial charge is 0.394 e. The monoisotopic (exact) mass is 189 g/mol. The Morgan fingerprint density at radius 3 is 2.77 bits per heavy atom. The number of hydrogen-bond acceptors (Lipinski definition) is 4. The average molecular weight is 189 g/mol. The summed E-state index contributed by atoms with van der Waals surface area (Å²) in [6, 6.07) is 0. The van der Waals surface area contributed by atoms with Crippen molar-refractivity contribution >= 4 is 0 Å². The van der Waals surface area contributed by atoms with Gasteiger partial charge in [0.1, 0.15) is 6.10 Å². The van der Waals surface area contributed by atoms with E-state index in [0.717, 1.165) is 19.3 Å². The van der Waals surface area contributed by atoms with E-state index in [-0.39, 0.29) is 19.3 Å². The van der Waals surface area contributed by atoms with Crippen molar-refractivity contribution in [2.45, 2.75) is 43.9 Å². The summed E-state index contributed by atoms with van der Waals surface area (Å²) < 4.78 is 5.34. The molecule has 1 fully saturated rings. The number of aliphatic hydroxyl groups excluding tert-OH is 2. The Morgan fingerprint density at radius 1 is 1.62 bits per heavy atom. The SMILES string of the molecule is CCCCC1OCC(N)(CO)C1O. The summed E-state index contributed by atoms with van der Waals surface area (Å²) in [6.07, 6.45) is 1.98. The molecule has 1 rings (SSSR count). The van der Waals surface area contributed by atoms with Crippen LogP contribution in [-0.2, 0) is 4.74 Å². The third-order valence-electron chi connectivity index (χ3n) is 2.64. The molecule has 0 aliphatic carbocycles. The maximum absolute atomic E-state index is 9.72. The summed E-state index contributed by atoms with van der Waals surface area (Å²) in [7, 11) is 0. The lowest BCUT2D eigenvalue weighted by Crippen LogP contribution is -2.54. The second-order valence-corrected chi connectivity index (χ2v) is 3.83. The van der Waals surface area contributed by atoms with E-state index in [1.807, 2.05) is 0 Å². The van der Waals surface area contributed by atoms with Gasteiger partial charge < -0.3 is 20.7 Å². The third kappa shape index (κ3) is 2.20. The van der Waals surface area contributed by atoms with E-state index in [9.17, 15) is 5.11 Å². The highest BCUT2D eigenvalue weighted by Crippen LogP contribution is 2.25. The zero-order chi connectivity index (χ0) is 9.90. The van der Waals surface area contributed by atoms with Crippen LogP contribution in [-0.4, -0.2) is 41.2 Å². The first-order valence-corrected chi connectivity index (χ1v) is 4.83. The Bertz CT molecular complexity index is 163. The number of hydrogen-bond donors (Lipinski definition) is 3. The topological polar surface area (TPSA) is 75.7 Å². The van der Waals surface area contributed by atoms with Crippen molar-refractivity contribution in [1.29, 1.82) is 0 Å². The van der Waals surface area contributed by atoms with Gasteiger partial charge in [-0.1, -0.05) is 19.8 Å². The highest BCUT2D eigenvalue weighted by molar-refractivity contribution is 5.00. The molecule has 3 atom stereocenters. The molecule has 4 nitrogen and oxygen atoms in total.